The molecule has 0 saturated carbocycles. The molecule has 0 nitrogen and oxygen atoms in total. The minimum atomic E-state index is 1.27. The lowest BCUT2D eigenvalue weighted by atomic mass is 9.83. The highest BCUT2D eigenvalue weighted by atomic mass is 32.1. The Bertz CT molecular complexity index is 2650. The molecule has 10 aromatic rings. The molecule has 1 aromatic heterocycles. The minimum absolute atomic E-state index is 1.27. The minimum Gasteiger partial charge on any atom is -0.135 e. The number of hydrogen-bond donors (Lipinski definition) is 0. The zero-order valence-corrected chi connectivity index (χ0v) is 24.1. The van der Waals surface area contributed by atoms with Crippen LogP contribution in [0, 0.1) is 0 Å². The van der Waals surface area contributed by atoms with Crippen molar-refractivity contribution in [2.75, 3.05) is 0 Å². The lowest BCUT2D eigenvalue weighted by molar-refractivity contribution is 1.70. The van der Waals surface area contributed by atoms with E-state index in [2.05, 4.69) is 146 Å². The maximum Gasteiger partial charge on any atom is 0.0355 e. The van der Waals surface area contributed by atoms with Gasteiger partial charge in [0.05, 0.1) is 0 Å². The van der Waals surface area contributed by atoms with Crippen LogP contribution in [0.1, 0.15) is 0 Å². The van der Waals surface area contributed by atoms with E-state index < -0.39 is 0 Å². The van der Waals surface area contributed by atoms with Gasteiger partial charge in [-0.05, 0) is 94.3 Å². The first-order valence-corrected chi connectivity index (χ1v) is 15.7. The average molecular weight is 561 g/mol. The summed E-state index contributed by atoms with van der Waals surface area (Å²) in [6.07, 6.45) is 0. The van der Waals surface area contributed by atoms with Crippen molar-refractivity contribution in [1.82, 2.24) is 0 Å². The maximum atomic E-state index is 2.41. The Hall–Kier alpha value is -5.24. The number of hydrogen-bond acceptors (Lipinski definition) is 1. The SMILES string of the molecule is c1cc2ccc3ccc(-c4c5ccccc5c(-c5ccc6sc7ccccc7c6c5)c5ccccc45)c4ccc(c1)c2c34. The highest BCUT2D eigenvalue weighted by Crippen LogP contribution is 2.48. The Morgan fingerprint density at radius 2 is 0.884 bits per heavy atom. The van der Waals surface area contributed by atoms with Crippen LogP contribution in [-0.2, 0) is 0 Å². The molecule has 0 aliphatic carbocycles. The molecule has 0 aliphatic heterocycles. The standard InChI is InChI=1S/C42H24S/c1-3-13-32-30(11-1)40(28-20-23-38-36(24-28)29-10-5-6-15-37(29)43-38)31-12-2-4-14-33(31)42(32)35-22-19-27-17-16-25-8-7-9-26-18-21-34(35)41(27)39(25)26/h1-24H. The summed E-state index contributed by atoms with van der Waals surface area (Å²) in [5.74, 6) is 0. The van der Waals surface area contributed by atoms with Crippen LogP contribution >= 0.6 is 11.3 Å². The van der Waals surface area contributed by atoms with Gasteiger partial charge in [0.25, 0.3) is 0 Å². The summed E-state index contributed by atoms with van der Waals surface area (Å²) >= 11 is 1.88. The zero-order chi connectivity index (χ0) is 28.1. The van der Waals surface area contributed by atoms with Gasteiger partial charge in [0, 0.05) is 20.2 Å². The molecule has 0 spiro atoms. The molecule has 0 aliphatic rings. The molecular weight excluding hydrogens is 537 g/mol. The van der Waals surface area contributed by atoms with E-state index in [1.807, 2.05) is 11.3 Å². The molecule has 0 atom stereocenters. The molecule has 0 amide bonds. The van der Waals surface area contributed by atoms with Gasteiger partial charge in [-0.1, -0.05) is 127 Å². The summed E-state index contributed by atoms with van der Waals surface area (Å²) in [6, 6.07) is 54.3. The smallest absolute Gasteiger partial charge is 0.0355 e. The Morgan fingerprint density at radius 3 is 1.60 bits per heavy atom. The molecule has 1 heterocycles. The predicted molar refractivity (Wildman–Crippen MR) is 189 cm³/mol. The van der Waals surface area contributed by atoms with Crippen molar-refractivity contribution in [2.45, 2.75) is 0 Å². The first kappa shape index (κ1) is 23.3. The summed E-state index contributed by atoms with van der Waals surface area (Å²) in [7, 11) is 0. The van der Waals surface area contributed by atoms with Crippen LogP contribution in [0.4, 0.5) is 0 Å². The third kappa shape index (κ3) is 3.20. The summed E-state index contributed by atoms with van der Waals surface area (Å²) in [4.78, 5) is 0. The van der Waals surface area contributed by atoms with Gasteiger partial charge >= 0.3 is 0 Å². The largest absolute Gasteiger partial charge is 0.135 e. The van der Waals surface area contributed by atoms with Crippen molar-refractivity contribution in [3.8, 4) is 22.3 Å². The Balaban J connectivity index is 1.34. The van der Waals surface area contributed by atoms with E-state index in [0.29, 0.717) is 0 Å². The van der Waals surface area contributed by atoms with E-state index in [0.717, 1.165) is 0 Å². The van der Waals surface area contributed by atoms with Gasteiger partial charge in [-0.2, -0.15) is 0 Å². The normalized spacial score (nSPS) is 12.2. The number of rotatable bonds is 2. The number of fused-ring (bicyclic) bond motifs is 5. The van der Waals surface area contributed by atoms with Gasteiger partial charge in [0.15, 0.2) is 0 Å². The van der Waals surface area contributed by atoms with Crippen LogP contribution in [0.15, 0.2) is 146 Å². The molecule has 43 heavy (non-hydrogen) atoms. The van der Waals surface area contributed by atoms with E-state index in [9.17, 15) is 0 Å². The summed E-state index contributed by atoms with van der Waals surface area (Å²) in [5, 5.41) is 15.8. The fourth-order valence-electron chi connectivity index (χ4n) is 7.56. The monoisotopic (exact) mass is 560 g/mol. The first-order chi connectivity index (χ1) is 21.3. The molecule has 0 saturated heterocycles. The molecule has 1 heteroatoms. The number of thiophene rings is 1. The zero-order valence-electron chi connectivity index (χ0n) is 23.3. The van der Waals surface area contributed by atoms with E-state index in [1.54, 1.807) is 0 Å². The van der Waals surface area contributed by atoms with Crippen LogP contribution in [0.5, 0.6) is 0 Å². The average Bonchev–Trinajstić information content (AvgIpc) is 3.44. The van der Waals surface area contributed by atoms with E-state index >= 15 is 0 Å². The van der Waals surface area contributed by atoms with Gasteiger partial charge in [-0.3, -0.25) is 0 Å². The Labute approximate surface area is 252 Å². The molecule has 0 fully saturated rings. The van der Waals surface area contributed by atoms with Crippen LogP contribution in [0.2, 0.25) is 0 Å². The van der Waals surface area contributed by atoms with Crippen LogP contribution in [-0.4, -0.2) is 0 Å². The molecule has 198 valence electrons. The third-order valence-electron chi connectivity index (χ3n) is 9.39. The van der Waals surface area contributed by atoms with Crippen molar-refractivity contribution in [3.05, 3.63) is 146 Å². The van der Waals surface area contributed by atoms with E-state index in [-0.39, 0.29) is 0 Å². The molecule has 9 aromatic carbocycles. The van der Waals surface area contributed by atoms with Crippen molar-refractivity contribution < 1.29 is 0 Å². The quantitative estimate of drug-likeness (QED) is 0.146. The third-order valence-corrected chi connectivity index (χ3v) is 10.5. The second-order valence-corrected chi connectivity index (χ2v) is 12.7. The van der Waals surface area contributed by atoms with Gasteiger partial charge < -0.3 is 0 Å². The van der Waals surface area contributed by atoms with Gasteiger partial charge in [-0.15, -0.1) is 11.3 Å². The molecule has 0 bridgehead atoms. The predicted octanol–water partition coefficient (Wildman–Crippen LogP) is 12.6. The topological polar surface area (TPSA) is 0 Å². The fraction of sp³-hybridized carbons (Fsp3) is 0. The van der Waals surface area contributed by atoms with Crippen LogP contribution in [0.3, 0.4) is 0 Å². The van der Waals surface area contributed by atoms with E-state index in [4.69, 9.17) is 0 Å². The Kier molecular flexibility index (Phi) is 4.69. The van der Waals surface area contributed by atoms with Gasteiger partial charge in [0.2, 0.25) is 0 Å². The second kappa shape index (κ2) is 8.64. The van der Waals surface area contributed by atoms with Crippen molar-refractivity contribution in [1.29, 1.82) is 0 Å². The lowest BCUT2D eigenvalue weighted by Gasteiger charge is -2.20. The molecule has 0 radical (unpaired) electrons. The fourth-order valence-corrected chi connectivity index (χ4v) is 8.65. The number of benzene rings is 9. The second-order valence-electron chi connectivity index (χ2n) is 11.6. The van der Waals surface area contributed by atoms with E-state index in [1.165, 1.54) is 96.3 Å². The molecule has 0 unspecified atom stereocenters. The van der Waals surface area contributed by atoms with Crippen molar-refractivity contribution >= 4 is 85.4 Å². The summed E-state index contributed by atoms with van der Waals surface area (Å²) < 4.78 is 2.68. The molecule has 0 N–H and O–H groups in total. The highest BCUT2D eigenvalue weighted by Gasteiger charge is 2.20. The van der Waals surface area contributed by atoms with Crippen molar-refractivity contribution in [2.24, 2.45) is 0 Å². The van der Waals surface area contributed by atoms with Crippen LogP contribution in [0.25, 0.3) is 96.3 Å². The van der Waals surface area contributed by atoms with Crippen molar-refractivity contribution in [3.63, 3.8) is 0 Å². The van der Waals surface area contributed by atoms with Gasteiger partial charge in [-0.25, -0.2) is 0 Å². The lowest BCUT2D eigenvalue weighted by Crippen LogP contribution is -1.92. The highest BCUT2D eigenvalue weighted by molar-refractivity contribution is 7.25. The Morgan fingerprint density at radius 1 is 0.326 bits per heavy atom. The molecular formula is C42H24S. The summed E-state index contributed by atoms with van der Waals surface area (Å²) in [6.45, 7) is 0. The van der Waals surface area contributed by atoms with Gasteiger partial charge in [0.1, 0.15) is 0 Å². The van der Waals surface area contributed by atoms with Crippen LogP contribution < -0.4 is 0 Å². The first-order valence-electron chi connectivity index (χ1n) is 14.9. The summed E-state index contributed by atoms with van der Waals surface area (Å²) in [5.41, 5.74) is 5.19. The molecule has 10 rings (SSSR count). The maximum absolute atomic E-state index is 2.41.